The average Bonchev–Trinajstić information content (AvgIpc) is 2.34. The molecule has 4 heteroatoms. The molecule has 0 aliphatic rings. The van der Waals surface area contributed by atoms with Crippen molar-refractivity contribution in [3.8, 4) is 11.5 Å². The Labute approximate surface area is 133 Å². The van der Waals surface area contributed by atoms with Crippen LogP contribution in [0.25, 0.3) is 0 Å². The van der Waals surface area contributed by atoms with E-state index in [1.807, 2.05) is 41.5 Å². The molecule has 2 N–H and O–H groups in total. The quantitative estimate of drug-likeness (QED) is 0.873. The van der Waals surface area contributed by atoms with Crippen molar-refractivity contribution in [1.29, 1.82) is 0 Å². The van der Waals surface area contributed by atoms with Crippen LogP contribution in [0.3, 0.4) is 0 Å². The Morgan fingerprint density at radius 2 is 1.50 bits per heavy atom. The summed E-state index contributed by atoms with van der Waals surface area (Å²) in [7, 11) is 0. The van der Waals surface area contributed by atoms with Gasteiger partial charge in [-0.15, -0.1) is 0 Å². The van der Waals surface area contributed by atoms with Gasteiger partial charge in [0.25, 0.3) is 0 Å². The second-order valence-electron chi connectivity index (χ2n) is 7.72. The predicted molar refractivity (Wildman–Crippen MR) is 87.8 cm³/mol. The lowest BCUT2D eigenvalue weighted by atomic mass is 9.79. The molecule has 0 saturated carbocycles. The van der Waals surface area contributed by atoms with Crippen molar-refractivity contribution in [2.75, 3.05) is 0 Å². The zero-order valence-electron chi connectivity index (χ0n) is 14.7. The maximum Gasteiger partial charge on any atom is 0.344 e. The molecule has 0 radical (unpaired) electrons. The topological polar surface area (TPSA) is 66.8 Å². The van der Waals surface area contributed by atoms with Crippen LogP contribution in [-0.4, -0.2) is 22.3 Å². The van der Waals surface area contributed by atoms with Gasteiger partial charge in [0, 0.05) is 11.1 Å². The van der Waals surface area contributed by atoms with Crippen LogP contribution >= 0.6 is 0 Å². The van der Waals surface area contributed by atoms with E-state index in [0.717, 1.165) is 11.1 Å². The molecule has 0 unspecified atom stereocenters. The maximum absolute atomic E-state index is 11.2. The number of hydrogen-bond donors (Lipinski definition) is 2. The van der Waals surface area contributed by atoms with E-state index in [1.54, 1.807) is 19.1 Å². The van der Waals surface area contributed by atoms with Gasteiger partial charge >= 0.3 is 5.97 Å². The molecule has 22 heavy (non-hydrogen) atoms. The molecule has 1 atom stereocenters. The van der Waals surface area contributed by atoms with E-state index >= 15 is 0 Å². The van der Waals surface area contributed by atoms with Crippen LogP contribution in [0.1, 0.15) is 66.0 Å². The summed E-state index contributed by atoms with van der Waals surface area (Å²) in [6.07, 6.45) is -0.503. The van der Waals surface area contributed by atoms with E-state index in [9.17, 15) is 15.0 Å². The highest BCUT2D eigenvalue weighted by atomic mass is 16.5. The van der Waals surface area contributed by atoms with Crippen molar-refractivity contribution in [2.24, 2.45) is 0 Å². The van der Waals surface area contributed by atoms with Gasteiger partial charge in [-0.2, -0.15) is 0 Å². The second kappa shape index (κ2) is 6.19. The van der Waals surface area contributed by atoms with Crippen LogP contribution in [0.2, 0.25) is 0 Å². The molecular weight excluding hydrogens is 280 g/mol. The van der Waals surface area contributed by atoms with Gasteiger partial charge in [0.05, 0.1) is 0 Å². The SMILES string of the molecule is CC[C@@H](Oc1cc(C(C)(C)C)c(O)c(C(C)(C)C)c1)C(=O)O. The predicted octanol–water partition coefficient (Wildman–Crippen LogP) is 4.23. The van der Waals surface area contributed by atoms with Crippen LogP contribution in [-0.2, 0) is 15.6 Å². The number of hydrogen-bond acceptors (Lipinski definition) is 3. The number of rotatable bonds is 4. The fourth-order valence-corrected chi connectivity index (χ4v) is 2.29. The highest BCUT2D eigenvalue weighted by Gasteiger charge is 2.28. The Kier molecular flexibility index (Phi) is 5.16. The van der Waals surface area contributed by atoms with Gasteiger partial charge < -0.3 is 14.9 Å². The Morgan fingerprint density at radius 1 is 1.09 bits per heavy atom. The number of carbonyl (C=O) groups is 1. The lowest BCUT2D eigenvalue weighted by molar-refractivity contribution is -0.145. The molecule has 124 valence electrons. The lowest BCUT2D eigenvalue weighted by Crippen LogP contribution is -2.26. The average molecular weight is 308 g/mol. The normalized spacial score (nSPS) is 13.8. The van der Waals surface area contributed by atoms with Crippen LogP contribution in [0.15, 0.2) is 12.1 Å². The largest absolute Gasteiger partial charge is 0.507 e. The Balaban J connectivity index is 3.44. The summed E-state index contributed by atoms with van der Waals surface area (Å²) in [5, 5.41) is 19.8. The highest BCUT2D eigenvalue weighted by molar-refractivity contribution is 5.72. The summed E-state index contributed by atoms with van der Waals surface area (Å²) in [6.45, 7) is 13.8. The van der Waals surface area contributed by atoms with Gasteiger partial charge in [-0.3, -0.25) is 0 Å². The third-order valence-corrected chi connectivity index (χ3v) is 3.62. The number of carboxylic acid groups (broad SMARTS) is 1. The van der Waals surface area contributed by atoms with E-state index in [-0.39, 0.29) is 16.6 Å². The van der Waals surface area contributed by atoms with Crippen molar-refractivity contribution in [3.63, 3.8) is 0 Å². The molecule has 0 aliphatic carbocycles. The van der Waals surface area contributed by atoms with Crippen molar-refractivity contribution in [3.05, 3.63) is 23.3 Å². The maximum atomic E-state index is 11.2. The summed E-state index contributed by atoms with van der Waals surface area (Å²) >= 11 is 0. The molecule has 0 amide bonds. The fourth-order valence-electron chi connectivity index (χ4n) is 2.29. The molecule has 1 rings (SSSR count). The summed E-state index contributed by atoms with van der Waals surface area (Å²) in [5.74, 6) is -0.234. The van der Waals surface area contributed by atoms with Crippen LogP contribution in [0.4, 0.5) is 0 Å². The number of aliphatic carboxylic acids is 1. The third kappa shape index (κ3) is 4.15. The van der Waals surface area contributed by atoms with Crippen LogP contribution < -0.4 is 4.74 Å². The Hall–Kier alpha value is -1.71. The standard InChI is InChI=1S/C18H28O4/c1-8-14(16(20)21)22-11-9-12(17(2,3)4)15(19)13(10-11)18(5,6)7/h9-10,14,19H,8H2,1-7H3,(H,20,21)/t14-/m1/s1. The summed E-state index contributed by atoms with van der Waals surface area (Å²) in [5.41, 5.74) is 0.980. The molecule has 0 aliphatic heterocycles. The van der Waals surface area contributed by atoms with Gasteiger partial charge in [-0.25, -0.2) is 4.79 Å². The van der Waals surface area contributed by atoms with Gasteiger partial charge in [-0.1, -0.05) is 48.5 Å². The molecule has 4 nitrogen and oxygen atoms in total. The second-order valence-corrected chi connectivity index (χ2v) is 7.72. The van der Waals surface area contributed by atoms with Crippen molar-refractivity contribution >= 4 is 5.97 Å². The van der Waals surface area contributed by atoms with Crippen molar-refractivity contribution in [1.82, 2.24) is 0 Å². The molecule has 0 heterocycles. The summed E-state index contributed by atoms with van der Waals surface area (Å²) < 4.78 is 5.64. The van der Waals surface area contributed by atoms with Crippen LogP contribution in [0, 0.1) is 0 Å². The first kappa shape index (κ1) is 18.3. The summed E-state index contributed by atoms with van der Waals surface area (Å²) in [4.78, 5) is 11.2. The minimum absolute atomic E-state index is 0.260. The number of ether oxygens (including phenoxy) is 1. The van der Waals surface area contributed by atoms with E-state index < -0.39 is 12.1 Å². The van der Waals surface area contributed by atoms with E-state index in [0.29, 0.717) is 12.2 Å². The number of phenolic OH excluding ortho intramolecular Hbond substituents is 1. The molecule has 1 aromatic carbocycles. The molecule has 0 aromatic heterocycles. The van der Waals surface area contributed by atoms with Gasteiger partial charge in [-0.05, 0) is 29.4 Å². The molecule has 1 aromatic rings. The first-order valence-corrected chi connectivity index (χ1v) is 7.65. The van der Waals surface area contributed by atoms with Crippen LogP contribution in [0.5, 0.6) is 11.5 Å². The van der Waals surface area contributed by atoms with E-state index in [4.69, 9.17) is 4.74 Å². The van der Waals surface area contributed by atoms with Gasteiger partial charge in [0.15, 0.2) is 6.10 Å². The van der Waals surface area contributed by atoms with Gasteiger partial charge in [0.2, 0.25) is 0 Å². The summed E-state index contributed by atoms with van der Waals surface area (Å²) in [6, 6.07) is 3.49. The first-order valence-electron chi connectivity index (χ1n) is 7.65. The first-order chi connectivity index (χ1) is 9.87. The number of aromatic hydroxyl groups is 1. The Bertz CT molecular complexity index is 512. The molecule has 0 bridgehead atoms. The monoisotopic (exact) mass is 308 g/mol. The molecular formula is C18H28O4. The Morgan fingerprint density at radius 3 is 1.77 bits per heavy atom. The van der Waals surface area contributed by atoms with Crippen molar-refractivity contribution < 1.29 is 19.7 Å². The number of carboxylic acids is 1. The highest BCUT2D eigenvalue weighted by Crippen LogP contribution is 2.41. The minimum atomic E-state index is -0.981. The third-order valence-electron chi connectivity index (χ3n) is 3.62. The zero-order chi connectivity index (χ0) is 17.3. The molecule has 0 fully saturated rings. The number of benzene rings is 1. The minimum Gasteiger partial charge on any atom is -0.507 e. The lowest BCUT2D eigenvalue weighted by Gasteiger charge is -2.28. The molecule has 0 saturated heterocycles. The van der Waals surface area contributed by atoms with E-state index in [2.05, 4.69) is 0 Å². The van der Waals surface area contributed by atoms with Gasteiger partial charge in [0.1, 0.15) is 11.5 Å². The van der Waals surface area contributed by atoms with E-state index in [1.165, 1.54) is 0 Å². The zero-order valence-corrected chi connectivity index (χ0v) is 14.7. The van der Waals surface area contributed by atoms with Crippen molar-refractivity contribution in [2.45, 2.75) is 71.8 Å². The smallest absolute Gasteiger partial charge is 0.344 e. The number of phenols is 1. The molecule has 0 spiro atoms. The fraction of sp³-hybridized carbons (Fsp3) is 0.611.